The number of Topliss-reactive ketones (excluding diaryl/α,β-unsaturated/α-hetero) is 1. The molecule has 0 saturated heterocycles. The smallest absolute Gasteiger partial charge is 0.157 e. The van der Waals surface area contributed by atoms with Crippen molar-refractivity contribution in [2.75, 3.05) is 6.54 Å². The molecule has 1 fully saturated rings. The van der Waals surface area contributed by atoms with Crippen molar-refractivity contribution < 1.29 is 4.79 Å². The molecule has 0 aromatic carbocycles. The van der Waals surface area contributed by atoms with E-state index in [0.29, 0.717) is 0 Å². The normalized spacial score (nSPS) is 19.7. The van der Waals surface area contributed by atoms with Crippen LogP contribution in [0, 0.1) is 5.92 Å². The van der Waals surface area contributed by atoms with Crippen molar-refractivity contribution in [3.05, 3.63) is 11.3 Å². The van der Waals surface area contributed by atoms with Crippen LogP contribution in [-0.4, -0.2) is 12.3 Å². The van der Waals surface area contributed by atoms with Crippen LogP contribution >= 0.6 is 0 Å². The maximum absolute atomic E-state index is 11.1. The first kappa shape index (κ1) is 12.3. The predicted molar refractivity (Wildman–Crippen MR) is 63.6 cm³/mol. The van der Waals surface area contributed by atoms with Gasteiger partial charge in [0.1, 0.15) is 0 Å². The lowest BCUT2D eigenvalue weighted by atomic mass is 9.89. The summed E-state index contributed by atoms with van der Waals surface area (Å²) in [6.07, 6.45) is 6.85. The second-order valence-corrected chi connectivity index (χ2v) is 4.69. The third-order valence-electron chi connectivity index (χ3n) is 3.47. The van der Waals surface area contributed by atoms with Crippen molar-refractivity contribution in [2.45, 2.75) is 52.9 Å². The Labute approximate surface area is 93.1 Å². The highest BCUT2D eigenvalue weighted by atomic mass is 16.1. The van der Waals surface area contributed by atoms with Crippen LogP contribution in [-0.2, 0) is 4.79 Å². The van der Waals surface area contributed by atoms with Crippen molar-refractivity contribution in [2.24, 2.45) is 5.92 Å². The van der Waals surface area contributed by atoms with Gasteiger partial charge in [0.25, 0.3) is 0 Å². The molecule has 15 heavy (non-hydrogen) atoms. The van der Waals surface area contributed by atoms with Crippen molar-refractivity contribution in [3.8, 4) is 0 Å². The molecule has 0 aromatic rings. The monoisotopic (exact) mass is 209 g/mol. The average molecular weight is 209 g/mol. The molecule has 0 atom stereocenters. The van der Waals surface area contributed by atoms with Gasteiger partial charge in [-0.25, -0.2) is 0 Å². The Morgan fingerprint density at radius 2 is 1.73 bits per heavy atom. The van der Waals surface area contributed by atoms with Crippen molar-refractivity contribution in [1.29, 1.82) is 0 Å². The topological polar surface area (TPSA) is 29.1 Å². The number of ketones is 1. The lowest BCUT2D eigenvalue weighted by molar-refractivity contribution is -0.113. The highest BCUT2D eigenvalue weighted by molar-refractivity contribution is 5.93. The number of carbonyl (C=O) groups is 1. The van der Waals surface area contributed by atoms with Gasteiger partial charge in [-0.05, 0) is 39.5 Å². The van der Waals surface area contributed by atoms with Gasteiger partial charge < -0.3 is 5.32 Å². The van der Waals surface area contributed by atoms with E-state index in [1.54, 1.807) is 6.92 Å². The summed E-state index contributed by atoms with van der Waals surface area (Å²) in [5.41, 5.74) is 1.92. The fourth-order valence-corrected chi connectivity index (χ4v) is 2.09. The molecule has 86 valence electrons. The quantitative estimate of drug-likeness (QED) is 0.721. The van der Waals surface area contributed by atoms with Crippen molar-refractivity contribution in [1.82, 2.24) is 5.32 Å². The van der Waals surface area contributed by atoms with Crippen LogP contribution in [0.3, 0.4) is 0 Å². The third-order valence-corrected chi connectivity index (χ3v) is 3.47. The number of hydrogen-bond donors (Lipinski definition) is 1. The Bertz CT molecular complexity index is 249. The Hall–Kier alpha value is -0.790. The van der Waals surface area contributed by atoms with E-state index in [-0.39, 0.29) is 5.78 Å². The van der Waals surface area contributed by atoms with E-state index >= 15 is 0 Å². The van der Waals surface area contributed by atoms with Crippen molar-refractivity contribution >= 4 is 5.78 Å². The van der Waals surface area contributed by atoms with E-state index in [0.717, 1.165) is 23.7 Å². The molecule has 1 aliphatic carbocycles. The summed E-state index contributed by atoms with van der Waals surface area (Å²) in [4.78, 5) is 11.1. The molecule has 1 aliphatic rings. The molecule has 0 unspecified atom stereocenters. The molecule has 0 aromatic heterocycles. The number of carbonyl (C=O) groups excluding carboxylic acids is 1. The van der Waals surface area contributed by atoms with Crippen LogP contribution in [0.5, 0.6) is 0 Å². The molecule has 1 saturated carbocycles. The van der Waals surface area contributed by atoms with Gasteiger partial charge in [-0.3, -0.25) is 4.79 Å². The van der Waals surface area contributed by atoms with E-state index in [1.807, 2.05) is 13.8 Å². The summed E-state index contributed by atoms with van der Waals surface area (Å²) >= 11 is 0. The van der Waals surface area contributed by atoms with Gasteiger partial charge in [0.05, 0.1) is 0 Å². The Morgan fingerprint density at radius 1 is 1.13 bits per heavy atom. The second kappa shape index (κ2) is 5.94. The van der Waals surface area contributed by atoms with Gasteiger partial charge in [-0.1, -0.05) is 19.3 Å². The molecule has 0 heterocycles. The molecule has 0 aliphatic heterocycles. The predicted octanol–water partition coefficient (Wildman–Crippen LogP) is 3.04. The first-order valence-electron chi connectivity index (χ1n) is 6.03. The zero-order chi connectivity index (χ0) is 11.3. The highest BCUT2D eigenvalue weighted by Crippen LogP contribution is 2.23. The lowest BCUT2D eigenvalue weighted by Crippen LogP contribution is -2.24. The average Bonchev–Trinajstić information content (AvgIpc) is 2.26. The van der Waals surface area contributed by atoms with Crippen LogP contribution in [0.1, 0.15) is 52.9 Å². The maximum atomic E-state index is 11.1. The molecular formula is C13H23NO. The standard InChI is InChI=1S/C13H23NO/c1-10(12(3)15)11(2)14-9-13-7-5-4-6-8-13/h13-14H,4-9H2,1-3H3. The highest BCUT2D eigenvalue weighted by Gasteiger charge is 2.13. The molecular weight excluding hydrogens is 186 g/mol. The SMILES string of the molecule is CC(=O)C(C)=C(C)NCC1CCCCC1. The van der Waals surface area contributed by atoms with Gasteiger partial charge in [-0.15, -0.1) is 0 Å². The van der Waals surface area contributed by atoms with E-state index in [2.05, 4.69) is 5.32 Å². The number of nitrogens with one attached hydrogen (secondary N) is 1. The van der Waals surface area contributed by atoms with Gasteiger partial charge >= 0.3 is 0 Å². The van der Waals surface area contributed by atoms with Gasteiger partial charge in [-0.2, -0.15) is 0 Å². The van der Waals surface area contributed by atoms with E-state index in [9.17, 15) is 4.79 Å². The molecule has 0 spiro atoms. The largest absolute Gasteiger partial charge is 0.388 e. The van der Waals surface area contributed by atoms with Crippen LogP contribution < -0.4 is 5.32 Å². The summed E-state index contributed by atoms with van der Waals surface area (Å²) in [5, 5.41) is 3.39. The summed E-state index contributed by atoms with van der Waals surface area (Å²) in [5.74, 6) is 0.983. The first-order valence-corrected chi connectivity index (χ1v) is 6.03. The maximum Gasteiger partial charge on any atom is 0.157 e. The molecule has 1 rings (SSSR count). The molecule has 1 N–H and O–H groups in total. The number of hydrogen-bond acceptors (Lipinski definition) is 2. The second-order valence-electron chi connectivity index (χ2n) is 4.69. The van der Waals surface area contributed by atoms with Crippen LogP contribution in [0.25, 0.3) is 0 Å². The van der Waals surface area contributed by atoms with E-state index in [1.165, 1.54) is 32.1 Å². The fourth-order valence-electron chi connectivity index (χ4n) is 2.09. The number of allylic oxidation sites excluding steroid dienone is 2. The zero-order valence-corrected chi connectivity index (χ0v) is 10.2. The summed E-state index contributed by atoms with van der Waals surface area (Å²) in [6, 6.07) is 0. The minimum absolute atomic E-state index is 0.170. The van der Waals surface area contributed by atoms with E-state index < -0.39 is 0 Å². The Kier molecular flexibility index (Phi) is 4.86. The van der Waals surface area contributed by atoms with Crippen LogP contribution in [0.15, 0.2) is 11.3 Å². The molecule has 2 heteroatoms. The number of rotatable bonds is 4. The fraction of sp³-hybridized carbons (Fsp3) is 0.769. The molecule has 0 amide bonds. The molecule has 0 radical (unpaired) electrons. The minimum Gasteiger partial charge on any atom is -0.388 e. The third kappa shape index (κ3) is 4.06. The lowest BCUT2D eigenvalue weighted by Gasteiger charge is -2.22. The molecule has 0 bridgehead atoms. The van der Waals surface area contributed by atoms with Gasteiger partial charge in [0.2, 0.25) is 0 Å². The van der Waals surface area contributed by atoms with Crippen molar-refractivity contribution in [3.63, 3.8) is 0 Å². The first-order chi connectivity index (χ1) is 7.11. The zero-order valence-electron chi connectivity index (χ0n) is 10.2. The summed E-state index contributed by atoms with van der Waals surface area (Å²) in [6.45, 7) is 6.56. The van der Waals surface area contributed by atoms with Crippen LogP contribution in [0.2, 0.25) is 0 Å². The van der Waals surface area contributed by atoms with Gasteiger partial charge in [0, 0.05) is 17.8 Å². The molecule has 2 nitrogen and oxygen atoms in total. The van der Waals surface area contributed by atoms with E-state index in [4.69, 9.17) is 0 Å². The summed E-state index contributed by atoms with van der Waals surface area (Å²) in [7, 11) is 0. The Balaban J connectivity index is 2.35. The van der Waals surface area contributed by atoms with Gasteiger partial charge in [0.15, 0.2) is 5.78 Å². The summed E-state index contributed by atoms with van der Waals surface area (Å²) < 4.78 is 0. The van der Waals surface area contributed by atoms with Crippen LogP contribution in [0.4, 0.5) is 0 Å². The Morgan fingerprint density at radius 3 is 2.27 bits per heavy atom. The minimum atomic E-state index is 0.170.